The van der Waals surface area contributed by atoms with E-state index in [0.717, 1.165) is 0 Å². The average Bonchev–Trinajstić information content (AvgIpc) is 2.38. The van der Waals surface area contributed by atoms with Crippen LogP contribution in [0.25, 0.3) is 0 Å². The maximum absolute atomic E-state index is 10.6. The standard InChI is InChI=1S/C6H5N5O6.H4N2.H2O/c7-8-6-4(10(14)15)1-3(9(12)13)2-5(6)11(16)17;1-2;/h1-2,8H,7H2;1-2H2;1H2. The van der Waals surface area contributed by atoms with Gasteiger partial charge in [0.25, 0.3) is 5.69 Å². The van der Waals surface area contributed by atoms with Gasteiger partial charge in [-0.2, -0.15) is 0 Å². The van der Waals surface area contributed by atoms with Gasteiger partial charge in [-0.15, -0.1) is 0 Å². The second kappa shape index (κ2) is 8.21. The van der Waals surface area contributed by atoms with Crippen LogP contribution in [0, 0.1) is 30.3 Å². The molecule has 0 aliphatic rings. The van der Waals surface area contributed by atoms with Crippen molar-refractivity contribution < 1.29 is 20.2 Å². The predicted molar refractivity (Wildman–Crippen MR) is 66.2 cm³/mol. The van der Waals surface area contributed by atoms with Crippen LogP contribution in [0.2, 0.25) is 0 Å². The summed E-state index contributed by atoms with van der Waals surface area (Å²) < 4.78 is 0. The Labute approximate surface area is 109 Å². The Morgan fingerprint density at radius 2 is 1.25 bits per heavy atom. The first-order valence-electron chi connectivity index (χ1n) is 4.29. The van der Waals surface area contributed by atoms with Crippen molar-refractivity contribution in [3.63, 3.8) is 0 Å². The van der Waals surface area contributed by atoms with Crippen molar-refractivity contribution in [1.82, 2.24) is 0 Å². The smallest absolute Gasteiger partial charge is 0.307 e. The zero-order valence-corrected chi connectivity index (χ0v) is 9.68. The zero-order valence-electron chi connectivity index (χ0n) is 9.68. The zero-order chi connectivity index (χ0) is 15.2. The van der Waals surface area contributed by atoms with Gasteiger partial charge >= 0.3 is 11.4 Å². The van der Waals surface area contributed by atoms with Gasteiger partial charge in [-0.05, 0) is 0 Å². The number of nitrogens with zero attached hydrogens (tertiary/aromatic N) is 3. The summed E-state index contributed by atoms with van der Waals surface area (Å²) in [5.41, 5.74) is -1.25. The first-order chi connectivity index (χ1) is 8.88. The van der Waals surface area contributed by atoms with Crippen molar-refractivity contribution in [3.8, 4) is 0 Å². The van der Waals surface area contributed by atoms with Gasteiger partial charge in [0.1, 0.15) is 0 Å². The molecule has 20 heavy (non-hydrogen) atoms. The summed E-state index contributed by atoms with van der Waals surface area (Å²) >= 11 is 0. The maximum Gasteiger partial charge on any atom is 0.307 e. The van der Waals surface area contributed by atoms with Crippen molar-refractivity contribution in [1.29, 1.82) is 0 Å². The summed E-state index contributed by atoms with van der Waals surface area (Å²) in [5.74, 6) is 12.9. The number of hydrazine groups is 2. The summed E-state index contributed by atoms with van der Waals surface area (Å²) in [6.07, 6.45) is 0. The van der Waals surface area contributed by atoms with Gasteiger partial charge in [-0.3, -0.25) is 47.9 Å². The summed E-state index contributed by atoms with van der Waals surface area (Å²) in [7, 11) is 0. The summed E-state index contributed by atoms with van der Waals surface area (Å²) in [6, 6.07) is 1.17. The third-order valence-electron chi connectivity index (χ3n) is 1.83. The highest BCUT2D eigenvalue weighted by Gasteiger charge is 2.29. The molecule has 0 heterocycles. The van der Waals surface area contributed by atoms with E-state index in [4.69, 9.17) is 5.84 Å². The molecule has 0 amide bonds. The van der Waals surface area contributed by atoms with Crippen LogP contribution in [0.1, 0.15) is 0 Å². The summed E-state index contributed by atoms with van der Waals surface area (Å²) in [4.78, 5) is 28.7. The topological polar surface area (TPSA) is 251 Å². The first kappa shape index (κ1) is 19.4. The lowest BCUT2D eigenvalue weighted by atomic mass is 10.2. The molecule has 1 aromatic rings. The maximum atomic E-state index is 10.6. The van der Waals surface area contributed by atoms with E-state index in [1.54, 1.807) is 5.43 Å². The highest BCUT2D eigenvalue weighted by atomic mass is 16.6. The number of nitro groups is 3. The second-order valence-electron chi connectivity index (χ2n) is 2.77. The number of nitrogens with one attached hydrogen (secondary N) is 1. The quantitative estimate of drug-likeness (QED) is 0.289. The molecule has 0 spiro atoms. The van der Waals surface area contributed by atoms with E-state index in [9.17, 15) is 30.3 Å². The molecule has 0 fully saturated rings. The molecule has 0 aliphatic heterocycles. The van der Waals surface area contributed by atoms with E-state index in [1.807, 2.05) is 0 Å². The van der Waals surface area contributed by atoms with Gasteiger partial charge < -0.3 is 10.9 Å². The van der Waals surface area contributed by atoms with Crippen molar-refractivity contribution in [2.24, 2.45) is 17.5 Å². The molecular weight excluding hydrogens is 282 g/mol. The number of benzene rings is 1. The molecule has 1 aromatic carbocycles. The predicted octanol–water partition coefficient (Wildman–Crippen LogP) is -1.31. The van der Waals surface area contributed by atoms with Crippen LogP contribution in [-0.2, 0) is 0 Å². The van der Waals surface area contributed by atoms with E-state index in [2.05, 4.69) is 11.7 Å². The number of hydrogen-bond acceptors (Lipinski definition) is 10. The second-order valence-corrected chi connectivity index (χ2v) is 2.77. The first-order valence-corrected chi connectivity index (χ1v) is 4.29. The SMILES string of the molecule is NN.NNc1c([N+](=O)[O-])cc([N+](=O)[O-])cc1[N+](=O)[O-].O. The number of nitrogens with two attached hydrogens (primary N) is 3. The highest BCUT2D eigenvalue weighted by Crippen LogP contribution is 2.37. The number of nitro benzene ring substituents is 3. The molecule has 112 valence electrons. The largest absolute Gasteiger partial charge is 0.412 e. The molecule has 0 saturated heterocycles. The Morgan fingerprint density at radius 1 is 0.900 bits per heavy atom. The summed E-state index contributed by atoms with van der Waals surface area (Å²) in [5, 5.41) is 31.6. The highest BCUT2D eigenvalue weighted by molar-refractivity contribution is 5.76. The van der Waals surface area contributed by atoms with Crippen LogP contribution < -0.4 is 23.0 Å². The fraction of sp³-hybridized carbons (Fsp3) is 0. The van der Waals surface area contributed by atoms with Crippen molar-refractivity contribution >= 4 is 22.7 Å². The lowest BCUT2D eigenvalue weighted by Crippen LogP contribution is -2.11. The van der Waals surface area contributed by atoms with Crippen LogP contribution in [0.3, 0.4) is 0 Å². The van der Waals surface area contributed by atoms with E-state index < -0.39 is 37.5 Å². The lowest BCUT2D eigenvalue weighted by Gasteiger charge is -2.02. The molecule has 14 heteroatoms. The Bertz CT molecular complexity index is 483. The average molecular weight is 293 g/mol. The van der Waals surface area contributed by atoms with E-state index >= 15 is 0 Å². The van der Waals surface area contributed by atoms with E-state index in [1.165, 1.54) is 0 Å². The van der Waals surface area contributed by atoms with Gasteiger partial charge in [0.05, 0.1) is 26.9 Å². The molecule has 1 rings (SSSR count). The molecule has 0 bridgehead atoms. The molecule has 0 aliphatic carbocycles. The molecule has 0 radical (unpaired) electrons. The number of anilines is 1. The number of non-ortho nitro benzene ring substituents is 1. The van der Waals surface area contributed by atoms with Gasteiger partial charge in [0.2, 0.25) is 5.69 Å². The Hall–Kier alpha value is -2.94. The van der Waals surface area contributed by atoms with Crippen LogP contribution in [0.15, 0.2) is 12.1 Å². The molecule has 0 unspecified atom stereocenters. The molecule has 9 N–H and O–H groups in total. The molecular formula is C6H11N7O7. The van der Waals surface area contributed by atoms with E-state index in [-0.39, 0.29) is 5.48 Å². The number of nitrogen functional groups attached to an aromatic ring is 1. The monoisotopic (exact) mass is 293 g/mol. The van der Waals surface area contributed by atoms with Gasteiger partial charge in [-0.25, -0.2) is 0 Å². The van der Waals surface area contributed by atoms with Gasteiger partial charge in [-0.1, -0.05) is 0 Å². The number of rotatable bonds is 4. The van der Waals surface area contributed by atoms with Crippen LogP contribution >= 0.6 is 0 Å². The summed E-state index contributed by atoms with van der Waals surface area (Å²) in [6.45, 7) is 0. The minimum absolute atomic E-state index is 0. The van der Waals surface area contributed by atoms with Gasteiger partial charge in [0.15, 0.2) is 0 Å². The Kier molecular flexibility index (Phi) is 7.97. The Morgan fingerprint density at radius 3 is 1.45 bits per heavy atom. The fourth-order valence-corrected chi connectivity index (χ4v) is 1.14. The Balaban J connectivity index is 0. The lowest BCUT2D eigenvalue weighted by molar-refractivity contribution is -0.401. The normalized spacial score (nSPS) is 8.55. The third-order valence-corrected chi connectivity index (χ3v) is 1.83. The van der Waals surface area contributed by atoms with E-state index in [0.29, 0.717) is 12.1 Å². The van der Waals surface area contributed by atoms with Crippen LogP contribution in [0.5, 0.6) is 0 Å². The van der Waals surface area contributed by atoms with Crippen molar-refractivity contribution in [2.75, 3.05) is 5.43 Å². The fourth-order valence-electron chi connectivity index (χ4n) is 1.14. The van der Waals surface area contributed by atoms with Gasteiger partial charge in [0, 0.05) is 0 Å². The molecule has 0 saturated carbocycles. The number of hydrogen-bond donors (Lipinski definition) is 4. The minimum atomic E-state index is -1.00. The molecule has 0 aromatic heterocycles. The van der Waals surface area contributed by atoms with Crippen molar-refractivity contribution in [3.05, 3.63) is 42.5 Å². The molecule has 0 atom stereocenters. The van der Waals surface area contributed by atoms with Crippen molar-refractivity contribution in [2.45, 2.75) is 0 Å². The minimum Gasteiger partial charge on any atom is -0.412 e. The third kappa shape index (κ3) is 4.07. The molecule has 14 nitrogen and oxygen atoms in total. The van der Waals surface area contributed by atoms with Crippen LogP contribution in [0.4, 0.5) is 22.7 Å². The van der Waals surface area contributed by atoms with Crippen LogP contribution in [-0.4, -0.2) is 20.2 Å².